The van der Waals surface area contributed by atoms with Gasteiger partial charge in [0.25, 0.3) is 15.9 Å². The molecule has 1 aromatic heterocycles. The van der Waals surface area contributed by atoms with Crippen LogP contribution in [0.3, 0.4) is 0 Å². The Morgan fingerprint density at radius 2 is 1.86 bits per heavy atom. The molecule has 1 N–H and O–H groups in total. The molecular formula is C25H19N3O5S2. The first-order valence-electron chi connectivity index (χ1n) is 10.5. The molecule has 0 spiro atoms. The summed E-state index contributed by atoms with van der Waals surface area (Å²) < 4.78 is 41.8. The van der Waals surface area contributed by atoms with E-state index in [0.717, 1.165) is 15.8 Å². The molecule has 0 saturated heterocycles. The molecule has 8 nitrogen and oxygen atoms in total. The third kappa shape index (κ3) is 4.39. The maximum atomic E-state index is 13.2. The number of sulfonamides is 1. The van der Waals surface area contributed by atoms with Gasteiger partial charge in [-0.1, -0.05) is 47.1 Å². The molecule has 0 unspecified atom stereocenters. The molecule has 1 aliphatic rings. The Kier molecular flexibility index (Phi) is 5.80. The van der Waals surface area contributed by atoms with Gasteiger partial charge < -0.3 is 14.0 Å². The van der Waals surface area contributed by atoms with Gasteiger partial charge in [-0.2, -0.15) is 4.99 Å². The second-order valence-corrected chi connectivity index (χ2v) is 10.4. The van der Waals surface area contributed by atoms with Gasteiger partial charge in [-0.15, -0.1) is 6.42 Å². The molecule has 0 aliphatic carbocycles. The molecule has 10 heteroatoms. The quantitative estimate of drug-likeness (QED) is 0.415. The number of nitrogens with one attached hydrogen (secondary N) is 1. The van der Waals surface area contributed by atoms with E-state index in [9.17, 15) is 13.2 Å². The van der Waals surface area contributed by atoms with Crippen molar-refractivity contribution >= 4 is 43.2 Å². The Balaban J connectivity index is 1.55. The number of hydrogen-bond acceptors (Lipinski definition) is 6. The Morgan fingerprint density at radius 1 is 1.14 bits per heavy atom. The minimum Gasteiger partial charge on any atom is -0.454 e. The number of carbonyl (C=O) groups is 1. The Bertz CT molecular complexity index is 1680. The van der Waals surface area contributed by atoms with Gasteiger partial charge in [-0.05, 0) is 31.2 Å². The zero-order valence-corrected chi connectivity index (χ0v) is 20.2. The topological polar surface area (TPSA) is 99.0 Å². The number of aromatic nitrogens is 1. The summed E-state index contributed by atoms with van der Waals surface area (Å²) in [6.07, 6.45) is 5.57. The number of benzene rings is 3. The first-order chi connectivity index (χ1) is 16.9. The van der Waals surface area contributed by atoms with Crippen molar-refractivity contribution in [2.24, 2.45) is 4.99 Å². The number of ether oxygens (including phenoxy) is 2. The van der Waals surface area contributed by atoms with E-state index in [1.54, 1.807) is 34.9 Å². The molecule has 0 atom stereocenters. The molecule has 0 radical (unpaired) electrons. The first kappa shape index (κ1) is 22.7. The highest BCUT2D eigenvalue weighted by atomic mass is 32.2. The van der Waals surface area contributed by atoms with E-state index in [4.69, 9.17) is 15.9 Å². The van der Waals surface area contributed by atoms with Crippen molar-refractivity contribution in [1.82, 2.24) is 4.57 Å². The van der Waals surface area contributed by atoms with Crippen LogP contribution in [0.4, 0.5) is 5.69 Å². The van der Waals surface area contributed by atoms with Crippen LogP contribution in [-0.2, 0) is 16.6 Å². The highest BCUT2D eigenvalue weighted by Crippen LogP contribution is 2.37. The van der Waals surface area contributed by atoms with Crippen molar-refractivity contribution in [3.05, 3.63) is 76.6 Å². The van der Waals surface area contributed by atoms with Crippen molar-refractivity contribution < 1.29 is 22.7 Å². The van der Waals surface area contributed by atoms with Gasteiger partial charge >= 0.3 is 0 Å². The van der Waals surface area contributed by atoms with Crippen LogP contribution in [-0.4, -0.2) is 25.7 Å². The highest BCUT2D eigenvalue weighted by Gasteiger charge is 2.20. The molecule has 176 valence electrons. The number of thiazole rings is 1. The number of fused-ring (bicyclic) bond motifs is 2. The van der Waals surface area contributed by atoms with E-state index in [1.807, 2.05) is 13.0 Å². The number of carbonyl (C=O) groups excluding carboxylic acids is 1. The molecule has 4 aromatic rings. The minimum atomic E-state index is -3.90. The van der Waals surface area contributed by atoms with Crippen LogP contribution >= 0.6 is 11.3 Å². The molecule has 2 heterocycles. The molecule has 5 rings (SSSR count). The third-order valence-corrected chi connectivity index (χ3v) is 7.78. The smallest absolute Gasteiger partial charge is 0.281 e. The summed E-state index contributed by atoms with van der Waals surface area (Å²) >= 11 is 1.28. The van der Waals surface area contributed by atoms with Crippen LogP contribution in [0.25, 0.3) is 10.2 Å². The summed E-state index contributed by atoms with van der Waals surface area (Å²) in [5.41, 5.74) is 1.94. The van der Waals surface area contributed by atoms with Crippen LogP contribution in [0.2, 0.25) is 0 Å². The zero-order chi connectivity index (χ0) is 24.6. The van der Waals surface area contributed by atoms with Crippen LogP contribution in [0, 0.1) is 19.3 Å². The predicted octanol–water partition coefficient (Wildman–Crippen LogP) is 3.92. The van der Waals surface area contributed by atoms with Gasteiger partial charge in [-0.3, -0.25) is 9.52 Å². The van der Waals surface area contributed by atoms with Crippen LogP contribution in [0.15, 0.2) is 70.6 Å². The van der Waals surface area contributed by atoms with E-state index in [0.29, 0.717) is 16.3 Å². The molecule has 3 aromatic carbocycles. The van der Waals surface area contributed by atoms with Gasteiger partial charge in [0.2, 0.25) is 6.79 Å². The van der Waals surface area contributed by atoms with E-state index in [-0.39, 0.29) is 29.5 Å². The number of rotatable bonds is 5. The van der Waals surface area contributed by atoms with Gasteiger partial charge in [0, 0.05) is 12.1 Å². The average Bonchev–Trinajstić information content (AvgIpc) is 3.42. The number of amides is 1. The third-order valence-electron chi connectivity index (χ3n) is 5.36. The van der Waals surface area contributed by atoms with E-state index < -0.39 is 15.9 Å². The summed E-state index contributed by atoms with van der Waals surface area (Å²) in [5.74, 6) is 3.18. The Hall–Kier alpha value is -4.07. The maximum Gasteiger partial charge on any atom is 0.281 e. The molecule has 1 aliphatic heterocycles. The highest BCUT2D eigenvalue weighted by molar-refractivity contribution is 7.92. The summed E-state index contributed by atoms with van der Waals surface area (Å²) in [5, 5.41) is 0. The van der Waals surface area contributed by atoms with E-state index >= 15 is 0 Å². The first-order valence-corrected chi connectivity index (χ1v) is 12.8. The number of aryl methyl sites for hydroxylation is 1. The maximum absolute atomic E-state index is 13.2. The SMILES string of the molecule is C#CCn1c(=NC(=O)c2ccccc2NS(=O)(=O)c2ccc(C)cc2)sc2cc3c(cc21)OCO3. The predicted molar refractivity (Wildman–Crippen MR) is 133 cm³/mol. The second kappa shape index (κ2) is 8.94. The van der Waals surface area contributed by atoms with Gasteiger partial charge in [0.1, 0.15) is 0 Å². The van der Waals surface area contributed by atoms with Crippen LogP contribution in [0.1, 0.15) is 15.9 Å². The standard InChI is InChI=1S/C25H19N3O5S2/c1-3-12-28-20-13-21-22(33-15-32-21)14-23(20)34-25(28)26-24(29)18-6-4-5-7-19(18)27-35(30,31)17-10-8-16(2)9-11-17/h1,4-11,13-14,27H,12,15H2,2H3. The van der Waals surface area contributed by atoms with Gasteiger partial charge in [-0.25, -0.2) is 8.42 Å². The molecule has 0 bridgehead atoms. The Morgan fingerprint density at radius 3 is 2.60 bits per heavy atom. The Labute approximate surface area is 205 Å². The normalized spacial score (nSPS) is 13.1. The average molecular weight is 506 g/mol. The van der Waals surface area contributed by atoms with Crippen molar-refractivity contribution in [3.8, 4) is 23.8 Å². The van der Waals surface area contributed by atoms with Gasteiger partial charge in [0.15, 0.2) is 16.3 Å². The number of para-hydroxylation sites is 1. The fourth-order valence-electron chi connectivity index (χ4n) is 3.62. The number of hydrogen-bond donors (Lipinski definition) is 1. The fourth-order valence-corrected chi connectivity index (χ4v) is 5.73. The largest absolute Gasteiger partial charge is 0.454 e. The van der Waals surface area contributed by atoms with Crippen LogP contribution < -0.4 is 19.0 Å². The van der Waals surface area contributed by atoms with Crippen molar-refractivity contribution in [3.63, 3.8) is 0 Å². The molecule has 0 saturated carbocycles. The molecular weight excluding hydrogens is 486 g/mol. The van der Waals surface area contributed by atoms with Crippen molar-refractivity contribution in [2.75, 3.05) is 11.5 Å². The fraction of sp³-hybridized carbons (Fsp3) is 0.120. The summed E-state index contributed by atoms with van der Waals surface area (Å²) in [4.78, 5) is 18.0. The van der Waals surface area contributed by atoms with E-state index in [1.165, 1.54) is 35.6 Å². The monoisotopic (exact) mass is 505 g/mol. The molecule has 35 heavy (non-hydrogen) atoms. The zero-order valence-electron chi connectivity index (χ0n) is 18.5. The van der Waals surface area contributed by atoms with Crippen molar-refractivity contribution in [1.29, 1.82) is 0 Å². The molecule has 1 amide bonds. The lowest BCUT2D eigenvalue weighted by Crippen LogP contribution is -2.18. The number of anilines is 1. The minimum absolute atomic E-state index is 0.0937. The lowest BCUT2D eigenvalue weighted by molar-refractivity contribution is 0.0998. The summed E-state index contributed by atoms with van der Waals surface area (Å²) in [6.45, 7) is 2.20. The lowest BCUT2D eigenvalue weighted by atomic mass is 10.2. The summed E-state index contributed by atoms with van der Waals surface area (Å²) in [7, 11) is -3.90. The lowest BCUT2D eigenvalue weighted by Gasteiger charge is -2.11. The van der Waals surface area contributed by atoms with Crippen LogP contribution in [0.5, 0.6) is 11.5 Å². The second-order valence-electron chi connectivity index (χ2n) is 7.73. The number of terminal acetylenes is 1. The number of nitrogens with zero attached hydrogens (tertiary/aromatic N) is 2. The van der Waals surface area contributed by atoms with Gasteiger partial charge in [0.05, 0.1) is 32.9 Å². The van der Waals surface area contributed by atoms with Crippen molar-refractivity contribution in [2.45, 2.75) is 18.4 Å². The van der Waals surface area contributed by atoms with E-state index in [2.05, 4.69) is 15.6 Å². The summed E-state index contributed by atoms with van der Waals surface area (Å²) in [6, 6.07) is 16.4. The molecule has 0 fully saturated rings.